The topological polar surface area (TPSA) is 78.5 Å². The van der Waals surface area contributed by atoms with Crippen LogP contribution in [0, 0.1) is 5.92 Å². The Morgan fingerprint density at radius 3 is 2.40 bits per heavy atom. The van der Waals surface area contributed by atoms with E-state index in [2.05, 4.69) is 24.5 Å². The van der Waals surface area contributed by atoms with Crippen molar-refractivity contribution in [2.45, 2.75) is 45.2 Å². The number of carbonyl (C=O) groups excluding carboxylic acids is 1. The molecule has 1 saturated heterocycles. The number of hydrogen-bond donors (Lipinski definition) is 2. The highest BCUT2D eigenvalue weighted by atomic mass is 32.2. The maximum Gasteiger partial charge on any atom is 0.237 e. The molecule has 0 saturated carbocycles. The molecule has 1 fully saturated rings. The highest BCUT2D eigenvalue weighted by Gasteiger charge is 2.44. The van der Waals surface area contributed by atoms with Gasteiger partial charge in [0.25, 0.3) is 0 Å². The number of likely N-dealkylation sites (N-methyl/N-ethyl adjacent to an activating group) is 2. The fraction of sp³-hybridized carbons (Fsp3) is 0.923. The van der Waals surface area contributed by atoms with Crippen LogP contribution in [0.1, 0.15) is 33.6 Å². The Labute approximate surface area is 122 Å². The largest absolute Gasteiger partial charge is 0.353 e. The predicted molar refractivity (Wildman–Crippen MR) is 79.9 cm³/mol. The van der Waals surface area contributed by atoms with Gasteiger partial charge in [0, 0.05) is 13.6 Å². The fourth-order valence-electron chi connectivity index (χ4n) is 2.41. The first kappa shape index (κ1) is 17.4. The first-order chi connectivity index (χ1) is 9.12. The zero-order valence-corrected chi connectivity index (χ0v) is 13.9. The third kappa shape index (κ3) is 3.93. The molecule has 20 heavy (non-hydrogen) atoms. The second-order valence-electron chi connectivity index (χ2n) is 6.22. The maximum absolute atomic E-state index is 12.1. The summed E-state index contributed by atoms with van der Waals surface area (Å²) in [6, 6.07) is -0.234. The van der Waals surface area contributed by atoms with Crippen LogP contribution in [0.25, 0.3) is 0 Å². The monoisotopic (exact) mass is 305 g/mol. The van der Waals surface area contributed by atoms with Gasteiger partial charge in [0.2, 0.25) is 15.9 Å². The lowest BCUT2D eigenvalue weighted by Crippen LogP contribution is -2.52. The SMILES string of the molecule is CN[C@@H](CC(C)C)C(=O)NCC1(C)CCS(=O)(=O)N1C. The normalized spacial score (nSPS) is 27.7. The van der Waals surface area contributed by atoms with E-state index in [1.54, 1.807) is 14.1 Å². The van der Waals surface area contributed by atoms with E-state index in [1.807, 2.05) is 6.92 Å². The van der Waals surface area contributed by atoms with Crippen LogP contribution in [0.3, 0.4) is 0 Å². The molecule has 2 N–H and O–H groups in total. The molecule has 0 bridgehead atoms. The van der Waals surface area contributed by atoms with Gasteiger partial charge in [-0.2, -0.15) is 4.31 Å². The van der Waals surface area contributed by atoms with Crippen LogP contribution in [0.4, 0.5) is 0 Å². The zero-order valence-electron chi connectivity index (χ0n) is 13.1. The highest BCUT2D eigenvalue weighted by molar-refractivity contribution is 7.89. The second-order valence-corrected chi connectivity index (χ2v) is 8.34. The number of nitrogens with one attached hydrogen (secondary N) is 2. The van der Waals surface area contributed by atoms with Gasteiger partial charge in [0.05, 0.1) is 17.3 Å². The third-order valence-electron chi connectivity index (χ3n) is 4.09. The van der Waals surface area contributed by atoms with Crippen molar-refractivity contribution < 1.29 is 13.2 Å². The molecule has 1 aliphatic heterocycles. The summed E-state index contributed by atoms with van der Waals surface area (Å²) in [7, 11) is 0.187. The van der Waals surface area contributed by atoms with E-state index in [4.69, 9.17) is 0 Å². The van der Waals surface area contributed by atoms with E-state index in [1.165, 1.54) is 4.31 Å². The Balaban J connectivity index is 2.60. The van der Waals surface area contributed by atoms with Gasteiger partial charge < -0.3 is 10.6 Å². The molecule has 0 spiro atoms. The number of rotatable bonds is 6. The number of hydrogen-bond acceptors (Lipinski definition) is 4. The van der Waals surface area contributed by atoms with Crippen LogP contribution in [-0.2, 0) is 14.8 Å². The molecule has 1 amide bonds. The van der Waals surface area contributed by atoms with Crippen LogP contribution in [0.2, 0.25) is 0 Å². The molecule has 0 aliphatic carbocycles. The van der Waals surface area contributed by atoms with Crippen molar-refractivity contribution in [2.24, 2.45) is 5.92 Å². The van der Waals surface area contributed by atoms with Gasteiger partial charge in [0.1, 0.15) is 0 Å². The Kier molecular flexibility index (Phi) is 5.57. The number of amides is 1. The molecule has 0 radical (unpaired) electrons. The summed E-state index contributed by atoms with van der Waals surface area (Å²) in [5, 5.41) is 5.89. The van der Waals surface area contributed by atoms with E-state index in [0.29, 0.717) is 18.9 Å². The molecule has 118 valence electrons. The Morgan fingerprint density at radius 1 is 1.40 bits per heavy atom. The lowest BCUT2D eigenvalue weighted by molar-refractivity contribution is -0.123. The van der Waals surface area contributed by atoms with Crippen molar-refractivity contribution in [2.75, 3.05) is 26.4 Å². The molecule has 1 heterocycles. The summed E-state index contributed by atoms with van der Waals surface area (Å²) in [6.45, 7) is 6.35. The molecule has 7 heteroatoms. The van der Waals surface area contributed by atoms with E-state index in [9.17, 15) is 13.2 Å². The zero-order chi connectivity index (χ0) is 15.6. The van der Waals surface area contributed by atoms with E-state index in [-0.39, 0.29) is 17.7 Å². The van der Waals surface area contributed by atoms with Crippen molar-refractivity contribution in [3.63, 3.8) is 0 Å². The minimum absolute atomic E-state index is 0.0693. The Morgan fingerprint density at radius 2 is 2.00 bits per heavy atom. The van der Waals surface area contributed by atoms with E-state index < -0.39 is 15.6 Å². The van der Waals surface area contributed by atoms with Gasteiger partial charge in [-0.15, -0.1) is 0 Å². The third-order valence-corrected chi connectivity index (χ3v) is 6.09. The fourth-order valence-corrected chi connectivity index (χ4v) is 4.21. The Bertz CT molecular complexity index is 450. The molecule has 0 aromatic rings. The van der Waals surface area contributed by atoms with Crippen molar-refractivity contribution in [3.05, 3.63) is 0 Å². The molecular formula is C13H27N3O3S. The standard InChI is InChI=1S/C13H27N3O3S/c1-10(2)8-11(14-4)12(17)15-9-13(3)6-7-20(18,19)16(13)5/h10-11,14H,6-9H2,1-5H3,(H,15,17)/t11-,13?/m0/s1. The average molecular weight is 305 g/mol. The van der Waals surface area contributed by atoms with Crippen LogP contribution in [0.5, 0.6) is 0 Å². The first-order valence-corrected chi connectivity index (χ1v) is 8.65. The van der Waals surface area contributed by atoms with Gasteiger partial charge >= 0.3 is 0 Å². The first-order valence-electron chi connectivity index (χ1n) is 7.04. The lowest BCUT2D eigenvalue weighted by atomic mass is 9.98. The van der Waals surface area contributed by atoms with Crippen LogP contribution >= 0.6 is 0 Å². The Hall–Kier alpha value is -0.660. The molecule has 1 rings (SSSR count). The van der Waals surface area contributed by atoms with Crippen molar-refractivity contribution in [3.8, 4) is 0 Å². The lowest BCUT2D eigenvalue weighted by Gasteiger charge is -2.31. The molecule has 6 nitrogen and oxygen atoms in total. The quantitative estimate of drug-likeness (QED) is 0.733. The van der Waals surface area contributed by atoms with Crippen molar-refractivity contribution >= 4 is 15.9 Å². The summed E-state index contributed by atoms with van der Waals surface area (Å²) in [5.74, 6) is 0.501. The summed E-state index contributed by atoms with van der Waals surface area (Å²) in [4.78, 5) is 12.1. The minimum atomic E-state index is -3.16. The van der Waals surface area contributed by atoms with E-state index in [0.717, 1.165) is 6.42 Å². The number of sulfonamides is 1. The van der Waals surface area contributed by atoms with Gasteiger partial charge in [-0.1, -0.05) is 13.8 Å². The average Bonchev–Trinajstić information content (AvgIpc) is 2.58. The van der Waals surface area contributed by atoms with Gasteiger partial charge in [-0.3, -0.25) is 4.79 Å². The molecule has 2 atom stereocenters. The molecule has 1 aliphatic rings. The number of carbonyl (C=O) groups is 1. The van der Waals surface area contributed by atoms with Crippen molar-refractivity contribution in [1.29, 1.82) is 0 Å². The van der Waals surface area contributed by atoms with E-state index >= 15 is 0 Å². The smallest absolute Gasteiger partial charge is 0.237 e. The summed E-state index contributed by atoms with van der Waals surface area (Å²) < 4.78 is 24.9. The molecular weight excluding hydrogens is 278 g/mol. The molecule has 0 aromatic carbocycles. The van der Waals surface area contributed by atoms with Crippen LogP contribution in [-0.4, -0.2) is 56.6 Å². The maximum atomic E-state index is 12.1. The van der Waals surface area contributed by atoms with Crippen molar-refractivity contribution in [1.82, 2.24) is 14.9 Å². The highest BCUT2D eigenvalue weighted by Crippen LogP contribution is 2.29. The number of nitrogens with zero attached hydrogens (tertiary/aromatic N) is 1. The van der Waals surface area contributed by atoms with Crippen LogP contribution < -0.4 is 10.6 Å². The second kappa shape index (κ2) is 6.41. The van der Waals surface area contributed by atoms with Gasteiger partial charge in [0.15, 0.2) is 0 Å². The predicted octanol–water partition coefficient (Wildman–Crippen LogP) is 0.161. The molecule has 1 unspecified atom stereocenters. The minimum Gasteiger partial charge on any atom is -0.353 e. The summed E-state index contributed by atoms with van der Waals surface area (Å²) in [6.07, 6.45) is 1.30. The van der Waals surface area contributed by atoms with Crippen LogP contribution in [0.15, 0.2) is 0 Å². The molecule has 0 aromatic heterocycles. The summed E-state index contributed by atoms with van der Waals surface area (Å²) >= 11 is 0. The van der Waals surface area contributed by atoms with Gasteiger partial charge in [-0.25, -0.2) is 8.42 Å². The summed E-state index contributed by atoms with van der Waals surface area (Å²) in [5.41, 5.74) is -0.523. The van der Waals surface area contributed by atoms with Gasteiger partial charge in [-0.05, 0) is 32.7 Å².